The molecule has 1 aromatic rings. The molecule has 0 aromatic heterocycles. The summed E-state index contributed by atoms with van der Waals surface area (Å²) in [6, 6.07) is 5.03. The summed E-state index contributed by atoms with van der Waals surface area (Å²) in [4.78, 5) is 40.0. The van der Waals surface area contributed by atoms with Gasteiger partial charge >= 0.3 is 0 Å². The number of nitrogens with zero attached hydrogens (tertiary/aromatic N) is 1. The minimum absolute atomic E-state index is 0. The largest absolute Gasteiger partial charge is 1.00 e. The Morgan fingerprint density at radius 1 is 0.729 bits per heavy atom. The number of anilines is 1. The highest BCUT2D eigenvalue weighted by Crippen LogP contribution is 2.77. The van der Waals surface area contributed by atoms with Crippen molar-refractivity contribution in [2.45, 2.75) is 197 Å². The predicted molar refractivity (Wildman–Crippen MR) is 199 cm³/mol. The summed E-state index contributed by atoms with van der Waals surface area (Å²) in [5.41, 5.74) is 4.57. The van der Waals surface area contributed by atoms with Gasteiger partial charge in [0.2, 0.25) is 5.91 Å². The van der Waals surface area contributed by atoms with Gasteiger partial charge in [-0.3, -0.25) is 19.3 Å². The molecule has 1 N–H and O–H groups in total. The van der Waals surface area contributed by atoms with E-state index >= 15 is 0 Å². The molecule has 5 rings (SSSR count). The molecule has 3 saturated carbocycles. The molecule has 1 unspecified atom stereocenters. The van der Waals surface area contributed by atoms with Crippen LogP contribution in [0.25, 0.3) is 0 Å². The molecule has 4 aliphatic rings. The Hall–Kier alpha value is -1.26. The standard InChI is InChI=1S/C41H65N2O3P.BrH/c1-3-32(2)43-40(45)36-28-21-29-37(39(36)41(43)46)42-38(44)30-19-8-6-4-5-7-9-20-31-47(33-22-13-10-14-23-33,34-24-15-11-16-25-34)35-26-17-12-18-27-35;/h21,28-29,32-35H,3-20,22-27,30-31H2,1-2H3;1H. The van der Waals surface area contributed by atoms with Crippen molar-refractivity contribution in [3.63, 3.8) is 0 Å². The fourth-order valence-electron chi connectivity index (χ4n) is 10.1. The first kappa shape index (κ1) is 39.5. The second-order valence-electron chi connectivity index (χ2n) is 15.7. The minimum atomic E-state index is -0.924. The molecule has 3 amide bonds. The summed E-state index contributed by atoms with van der Waals surface area (Å²) in [6.45, 7) is 3.86. The van der Waals surface area contributed by atoms with E-state index in [-0.39, 0.29) is 40.7 Å². The zero-order valence-electron chi connectivity index (χ0n) is 30.4. The first-order valence-electron chi connectivity index (χ1n) is 20.1. The second-order valence-corrected chi connectivity index (χ2v) is 20.3. The van der Waals surface area contributed by atoms with E-state index in [1.807, 2.05) is 13.8 Å². The summed E-state index contributed by atoms with van der Waals surface area (Å²) in [5, 5.41) is 2.94. The number of carbonyl (C=O) groups excluding carboxylic acids is 3. The topological polar surface area (TPSA) is 66.5 Å². The van der Waals surface area contributed by atoms with Crippen LogP contribution in [0.1, 0.15) is 195 Å². The highest BCUT2D eigenvalue weighted by molar-refractivity contribution is 7.77. The van der Waals surface area contributed by atoms with E-state index in [0.29, 0.717) is 29.7 Å². The van der Waals surface area contributed by atoms with E-state index in [2.05, 4.69) is 5.32 Å². The van der Waals surface area contributed by atoms with Gasteiger partial charge in [0, 0.05) is 19.7 Å². The summed E-state index contributed by atoms with van der Waals surface area (Å²) in [6.07, 6.45) is 35.8. The molecule has 0 spiro atoms. The number of fused-ring (bicyclic) bond motifs is 1. The summed E-state index contributed by atoms with van der Waals surface area (Å²) < 4.78 is 0. The maximum absolute atomic E-state index is 13.1. The molecule has 1 aliphatic heterocycles. The number of imide groups is 1. The van der Waals surface area contributed by atoms with Crippen LogP contribution >= 0.6 is 7.26 Å². The van der Waals surface area contributed by atoms with Gasteiger partial charge in [-0.1, -0.05) is 64.4 Å². The van der Waals surface area contributed by atoms with Crippen LogP contribution in [0.4, 0.5) is 5.69 Å². The number of halogens is 1. The fraction of sp³-hybridized carbons (Fsp3) is 0.780. The van der Waals surface area contributed by atoms with Gasteiger partial charge in [0.1, 0.15) is 0 Å². The van der Waals surface area contributed by atoms with Gasteiger partial charge in [0.15, 0.2) is 0 Å². The van der Waals surface area contributed by atoms with Gasteiger partial charge in [-0.05, 0) is 122 Å². The lowest BCUT2D eigenvalue weighted by Crippen LogP contribution is -3.00. The number of rotatable bonds is 17. The maximum Gasteiger partial charge on any atom is 0.263 e. The lowest BCUT2D eigenvalue weighted by Gasteiger charge is -2.49. The van der Waals surface area contributed by atoms with E-state index in [9.17, 15) is 14.4 Å². The van der Waals surface area contributed by atoms with Crippen molar-refractivity contribution in [2.24, 2.45) is 0 Å². The normalized spacial score (nSPS) is 20.4. The van der Waals surface area contributed by atoms with E-state index in [4.69, 9.17) is 0 Å². The Labute approximate surface area is 304 Å². The quantitative estimate of drug-likeness (QED) is 0.0988. The van der Waals surface area contributed by atoms with Crippen LogP contribution in [0, 0.1) is 0 Å². The van der Waals surface area contributed by atoms with Gasteiger partial charge in [-0.25, -0.2) is 0 Å². The molecule has 1 heterocycles. The van der Waals surface area contributed by atoms with Gasteiger partial charge < -0.3 is 22.3 Å². The molecule has 270 valence electrons. The van der Waals surface area contributed by atoms with Gasteiger partial charge in [-0.15, -0.1) is 0 Å². The van der Waals surface area contributed by atoms with Crippen molar-refractivity contribution in [3.05, 3.63) is 29.3 Å². The Morgan fingerprint density at radius 2 is 1.21 bits per heavy atom. The molecular weight excluding hydrogens is 679 g/mol. The van der Waals surface area contributed by atoms with E-state index < -0.39 is 7.26 Å². The fourth-order valence-corrected chi connectivity index (χ4v) is 17.7. The lowest BCUT2D eigenvalue weighted by molar-refractivity contribution is -0.116. The van der Waals surface area contributed by atoms with Crippen LogP contribution in [0.3, 0.4) is 0 Å². The van der Waals surface area contributed by atoms with Crippen molar-refractivity contribution in [3.8, 4) is 0 Å². The molecule has 0 saturated heterocycles. The number of nitrogens with one attached hydrogen (secondary N) is 1. The van der Waals surface area contributed by atoms with Crippen molar-refractivity contribution >= 4 is 30.7 Å². The molecule has 5 nitrogen and oxygen atoms in total. The van der Waals surface area contributed by atoms with Gasteiger partial charge in [0.05, 0.1) is 40.0 Å². The van der Waals surface area contributed by atoms with E-state index in [0.717, 1.165) is 29.8 Å². The number of unbranched alkanes of at least 4 members (excludes halogenated alkanes) is 7. The monoisotopic (exact) mass is 744 g/mol. The van der Waals surface area contributed by atoms with Gasteiger partial charge in [-0.2, -0.15) is 0 Å². The highest BCUT2D eigenvalue weighted by Gasteiger charge is 2.56. The van der Waals surface area contributed by atoms with Crippen LogP contribution in [-0.2, 0) is 4.79 Å². The third kappa shape index (κ3) is 9.54. The van der Waals surface area contributed by atoms with E-state index in [1.165, 1.54) is 101 Å². The summed E-state index contributed by atoms with van der Waals surface area (Å²) in [7, 11) is -0.924. The van der Waals surface area contributed by atoms with Crippen LogP contribution in [0.15, 0.2) is 18.2 Å². The van der Waals surface area contributed by atoms with Crippen molar-refractivity contribution < 1.29 is 31.4 Å². The van der Waals surface area contributed by atoms with Crippen LogP contribution in [0.5, 0.6) is 0 Å². The maximum atomic E-state index is 13.1. The van der Waals surface area contributed by atoms with Crippen molar-refractivity contribution in [1.29, 1.82) is 0 Å². The average molecular weight is 746 g/mol. The molecule has 7 heteroatoms. The highest BCUT2D eigenvalue weighted by atomic mass is 79.9. The molecule has 3 aliphatic carbocycles. The Balaban J connectivity index is 0.00000520. The smallest absolute Gasteiger partial charge is 0.263 e. The predicted octanol–water partition coefficient (Wildman–Crippen LogP) is 8.55. The van der Waals surface area contributed by atoms with Crippen molar-refractivity contribution in [2.75, 3.05) is 11.5 Å². The van der Waals surface area contributed by atoms with Crippen molar-refractivity contribution in [1.82, 2.24) is 4.90 Å². The average Bonchev–Trinajstić information content (AvgIpc) is 3.37. The lowest BCUT2D eigenvalue weighted by atomic mass is 9.99. The van der Waals surface area contributed by atoms with Crippen LogP contribution in [0.2, 0.25) is 0 Å². The van der Waals surface area contributed by atoms with E-state index in [1.54, 1.807) is 62.9 Å². The number of hydrogen-bond acceptors (Lipinski definition) is 3. The molecular formula is C41H66BrN2O3P. The van der Waals surface area contributed by atoms with Crippen LogP contribution in [-0.4, -0.2) is 51.8 Å². The Bertz CT molecular complexity index is 1130. The molecule has 1 atom stereocenters. The number of amides is 3. The molecule has 48 heavy (non-hydrogen) atoms. The van der Waals surface area contributed by atoms with Crippen LogP contribution < -0.4 is 22.3 Å². The molecule has 1 aromatic carbocycles. The number of benzene rings is 1. The summed E-state index contributed by atoms with van der Waals surface area (Å²) >= 11 is 0. The number of hydrogen-bond donors (Lipinski definition) is 1. The first-order valence-corrected chi connectivity index (χ1v) is 22.3. The minimum Gasteiger partial charge on any atom is -1.00 e. The zero-order valence-corrected chi connectivity index (χ0v) is 32.9. The first-order chi connectivity index (χ1) is 23.0. The molecule has 3 fully saturated rings. The SMILES string of the molecule is CCC(C)N1C(=O)c2cccc(NC(=O)CCCCCCCCCC[P+](C3CCCCC3)(C3CCCCC3)C3CCCCC3)c2C1=O.[Br-]. The van der Waals surface area contributed by atoms with Gasteiger partial charge in [0.25, 0.3) is 11.8 Å². The second kappa shape index (κ2) is 20.0. The number of carbonyl (C=O) groups is 3. The Kier molecular flexibility index (Phi) is 16.4. The Morgan fingerprint density at radius 3 is 1.71 bits per heavy atom. The third-order valence-corrected chi connectivity index (χ3v) is 19.4. The zero-order chi connectivity index (χ0) is 33.1. The summed E-state index contributed by atoms with van der Waals surface area (Å²) in [5.74, 6) is -0.616. The third-order valence-electron chi connectivity index (χ3n) is 12.7. The molecule has 0 radical (unpaired) electrons. The molecule has 0 bridgehead atoms.